The van der Waals surface area contributed by atoms with Crippen LogP contribution in [0.15, 0.2) is 12.5 Å². The first kappa shape index (κ1) is 12.6. The molecule has 0 aromatic carbocycles. The summed E-state index contributed by atoms with van der Waals surface area (Å²) in [7, 11) is 1.57. The zero-order valence-electron chi connectivity index (χ0n) is 10.4. The molecule has 0 aliphatic rings. The lowest BCUT2D eigenvalue weighted by Crippen LogP contribution is -2.08. The topological polar surface area (TPSA) is 64.9 Å². The molecule has 0 aliphatic heterocycles. The maximum absolute atomic E-state index is 5.99. The van der Waals surface area contributed by atoms with Crippen molar-refractivity contribution in [3.63, 3.8) is 0 Å². The summed E-state index contributed by atoms with van der Waals surface area (Å²) in [6.45, 7) is 4.56. The number of anilines is 1. The molecule has 1 N–H and O–H groups in total. The molecule has 18 heavy (non-hydrogen) atoms. The lowest BCUT2D eigenvalue weighted by molar-refractivity contribution is 0.409. The highest BCUT2D eigenvalue weighted by Crippen LogP contribution is 2.28. The first-order valence-electron chi connectivity index (χ1n) is 5.52. The zero-order chi connectivity index (χ0) is 13.1. The molecule has 2 aromatic heterocycles. The fourth-order valence-electron chi connectivity index (χ4n) is 1.56. The van der Waals surface area contributed by atoms with Crippen LogP contribution in [0.4, 0.5) is 5.82 Å². The van der Waals surface area contributed by atoms with Gasteiger partial charge >= 0.3 is 0 Å². The van der Waals surface area contributed by atoms with E-state index in [1.54, 1.807) is 18.0 Å². The van der Waals surface area contributed by atoms with Crippen molar-refractivity contribution < 1.29 is 4.74 Å². The average Bonchev–Trinajstić information content (AvgIpc) is 2.69. The normalized spacial score (nSPS) is 10.4. The Morgan fingerprint density at radius 1 is 1.44 bits per heavy atom. The van der Waals surface area contributed by atoms with Gasteiger partial charge in [-0.2, -0.15) is 5.10 Å². The second kappa shape index (κ2) is 5.22. The lowest BCUT2D eigenvalue weighted by Gasteiger charge is -2.11. The van der Waals surface area contributed by atoms with Crippen LogP contribution in [-0.4, -0.2) is 33.4 Å². The lowest BCUT2D eigenvalue weighted by atomic mass is 10.4. The van der Waals surface area contributed by atoms with E-state index in [0.29, 0.717) is 22.4 Å². The fourth-order valence-corrected chi connectivity index (χ4v) is 1.69. The number of nitrogens with zero attached hydrogens (tertiary/aromatic N) is 4. The molecule has 0 bridgehead atoms. The van der Waals surface area contributed by atoms with E-state index < -0.39 is 0 Å². The number of halogens is 1. The van der Waals surface area contributed by atoms with Gasteiger partial charge in [-0.1, -0.05) is 11.6 Å². The molecule has 2 rings (SSSR count). The summed E-state index contributed by atoms with van der Waals surface area (Å²) in [5, 5.41) is 7.97. The molecule has 7 heteroatoms. The molecular formula is C11H14ClN5O. The van der Waals surface area contributed by atoms with Gasteiger partial charge in [-0.05, 0) is 13.8 Å². The number of hydrogen-bond donors (Lipinski definition) is 1. The number of aromatic nitrogens is 4. The van der Waals surface area contributed by atoms with Crippen molar-refractivity contribution in [2.75, 3.05) is 19.0 Å². The van der Waals surface area contributed by atoms with Gasteiger partial charge in [0.25, 0.3) is 0 Å². The Kier molecular flexibility index (Phi) is 3.66. The van der Waals surface area contributed by atoms with Gasteiger partial charge in [0.15, 0.2) is 5.82 Å². The highest BCUT2D eigenvalue weighted by atomic mass is 35.5. The number of rotatable bonds is 4. The predicted octanol–water partition coefficient (Wildman–Crippen LogP) is 2.06. The Hall–Kier alpha value is -1.82. The Balaban J connectivity index is 2.53. The molecule has 0 aliphatic carbocycles. The van der Waals surface area contributed by atoms with Crippen LogP contribution in [-0.2, 0) is 0 Å². The summed E-state index contributed by atoms with van der Waals surface area (Å²) >= 11 is 5.99. The summed E-state index contributed by atoms with van der Waals surface area (Å²) in [4.78, 5) is 8.32. The molecule has 0 saturated heterocycles. The minimum atomic E-state index is 0.540. The van der Waals surface area contributed by atoms with Gasteiger partial charge in [0.2, 0.25) is 11.6 Å². The molecule has 0 saturated carbocycles. The Morgan fingerprint density at radius 3 is 2.78 bits per heavy atom. The number of nitrogens with one attached hydrogen (secondary N) is 1. The second-order valence-corrected chi connectivity index (χ2v) is 4.02. The van der Waals surface area contributed by atoms with E-state index in [2.05, 4.69) is 20.4 Å². The van der Waals surface area contributed by atoms with Crippen molar-refractivity contribution in [2.24, 2.45) is 0 Å². The van der Waals surface area contributed by atoms with Crippen LogP contribution in [0.2, 0.25) is 5.02 Å². The van der Waals surface area contributed by atoms with Gasteiger partial charge in [-0.25, -0.2) is 14.6 Å². The molecule has 0 spiro atoms. The Morgan fingerprint density at radius 2 is 2.22 bits per heavy atom. The van der Waals surface area contributed by atoms with Crippen LogP contribution in [0.3, 0.4) is 0 Å². The van der Waals surface area contributed by atoms with Crippen molar-refractivity contribution in [1.29, 1.82) is 0 Å². The zero-order valence-corrected chi connectivity index (χ0v) is 11.2. The predicted molar refractivity (Wildman–Crippen MR) is 69.6 cm³/mol. The number of methoxy groups -OCH3 is 1. The standard InChI is InChI=1S/C11H14ClN5O/c1-4-13-10-9(18-3)11(15-6-14-10)17-5-8(12)7(2)16-17/h5-6H,4H2,1-3H3,(H,13,14,15). The summed E-state index contributed by atoms with van der Waals surface area (Å²) in [5.41, 5.74) is 0.738. The molecule has 0 fully saturated rings. The summed E-state index contributed by atoms with van der Waals surface area (Å²) in [6.07, 6.45) is 3.15. The number of aryl methyl sites for hydroxylation is 1. The smallest absolute Gasteiger partial charge is 0.206 e. The van der Waals surface area contributed by atoms with Crippen molar-refractivity contribution >= 4 is 17.4 Å². The van der Waals surface area contributed by atoms with Crippen LogP contribution in [0, 0.1) is 6.92 Å². The molecular weight excluding hydrogens is 254 g/mol. The van der Waals surface area contributed by atoms with E-state index in [0.717, 1.165) is 12.2 Å². The third kappa shape index (κ3) is 2.24. The van der Waals surface area contributed by atoms with Crippen molar-refractivity contribution in [2.45, 2.75) is 13.8 Å². The largest absolute Gasteiger partial charge is 0.490 e. The highest BCUT2D eigenvalue weighted by Gasteiger charge is 2.15. The highest BCUT2D eigenvalue weighted by molar-refractivity contribution is 6.31. The quantitative estimate of drug-likeness (QED) is 0.919. The third-order valence-corrected chi connectivity index (χ3v) is 2.76. The van der Waals surface area contributed by atoms with Crippen molar-refractivity contribution in [3.8, 4) is 11.6 Å². The third-order valence-electron chi connectivity index (χ3n) is 2.39. The fraction of sp³-hybridized carbons (Fsp3) is 0.364. The molecule has 0 atom stereocenters. The minimum Gasteiger partial charge on any atom is -0.490 e. The molecule has 2 aromatic rings. The summed E-state index contributed by atoms with van der Waals surface area (Å²) in [6, 6.07) is 0. The first-order chi connectivity index (χ1) is 8.67. The first-order valence-corrected chi connectivity index (χ1v) is 5.90. The van der Waals surface area contributed by atoms with Crippen LogP contribution in [0.1, 0.15) is 12.6 Å². The summed E-state index contributed by atoms with van der Waals surface area (Å²) < 4.78 is 6.92. The maximum atomic E-state index is 5.99. The Bertz CT molecular complexity index is 535. The van der Waals surface area contributed by atoms with E-state index in [4.69, 9.17) is 16.3 Å². The number of ether oxygens (including phenoxy) is 1. The van der Waals surface area contributed by atoms with Crippen LogP contribution < -0.4 is 10.1 Å². The van der Waals surface area contributed by atoms with Gasteiger partial charge in [0.1, 0.15) is 6.33 Å². The van der Waals surface area contributed by atoms with Gasteiger partial charge in [0, 0.05) is 6.54 Å². The molecule has 0 unspecified atom stereocenters. The molecule has 0 radical (unpaired) electrons. The maximum Gasteiger partial charge on any atom is 0.206 e. The van der Waals surface area contributed by atoms with E-state index in [9.17, 15) is 0 Å². The Labute approximate surface area is 110 Å². The van der Waals surface area contributed by atoms with E-state index in [1.165, 1.54) is 6.33 Å². The van der Waals surface area contributed by atoms with Crippen LogP contribution >= 0.6 is 11.6 Å². The van der Waals surface area contributed by atoms with E-state index in [1.807, 2.05) is 13.8 Å². The SMILES string of the molecule is CCNc1ncnc(-n2cc(Cl)c(C)n2)c1OC. The van der Waals surface area contributed by atoms with Crippen molar-refractivity contribution in [3.05, 3.63) is 23.2 Å². The van der Waals surface area contributed by atoms with Gasteiger partial charge < -0.3 is 10.1 Å². The number of hydrogen-bond acceptors (Lipinski definition) is 5. The molecule has 2 heterocycles. The van der Waals surface area contributed by atoms with E-state index >= 15 is 0 Å². The second-order valence-electron chi connectivity index (χ2n) is 3.62. The van der Waals surface area contributed by atoms with Gasteiger partial charge in [-0.3, -0.25) is 0 Å². The molecule has 96 valence electrons. The summed E-state index contributed by atoms with van der Waals surface area (Å²) in [5.74, 6) is 1.73. The van der Waals surface area contributed by atoms with Gasteiger partial charge in [0.05, 0.1) is 24.0 Å². The minimum absolute atomic E-state index is 0.540. The monoisotopic (exact) mass is 267 g/mol. The van der Waals surface area contributed by atoms with E-state index in [-0.39, 0.29) is 0 Å². The van der Waals surface area contributed by atoms with Crippen LogP contribution in [0.5, 0.6) is 5.75 Å². The molecule has 6 nitrogen and oxygen atoms in total. The van der Waals surface area contributed by atoms with Crippen LogP contribution in [0.25, 0.3) is 5.82 Å². The van der Waals surface area contributed by atoms with Gasteiger partial charge in [-0.15, -0.1) is 0 Å². The van der Waals surface area contributed by atoms with Crippen molar-refractivity contribution in [1.82, 2.24) is 19.7 Å². The average molecular weight is 268 g/mol. The molecule has 0 amide bonds.